The Morgan fingerprint density at radius 1 is 1.00 bits per heavy atom. The molecule has 0 unspecified atom stereocenters. The number of rotatable bonds is 9. The van der Waals surface area contributed by atoms with Gasteiger partial charge in [-0.15, -0.1) is 0 Å². The van der Waals surface area contributed by atoms with Crippen LogP contribution in [0.15, 0.2) is 23.3 Å². The summed E-state index contributed by atoms with van der Waals surface area (Å²) in [4.78, 5) is 10.6. The first-order chi connectivity index (χ1) is 14.0. The summed E-state index contributed by atoms with van der Waals surface area (Å²) >= 11 is 0. The maximum absolute atomic E-state index is 10.6. The van der Waals surface area contributed by atoms with Gasteiger partial charge >= 0.3 is 5.97 Å². The Bertz CT molecular complexity index is 847. The van der Waals surface area contributed by atoms with Crippen LogP contribution in [0.4, 0.5) is 0 Å². The molecule has 4 nitrogen and oxygen atoms in total. The normalized spacial score (nSPS) is 19.4. The lowest BCUT2D eigenvalue weighted by Gasteiger charge is -2.38. The zero-order valence-electron chi connectivity index (χ0n) is 19.5. The second-order valence-corrected chi connectivity index (χ2v) is 9.16. The molecule has 1 aromatic rings. The van der Waals surface area contributed by atoms with Gasteiger partial charge < -0.3 is 14.9 Å². The first-order valence-electron chi connectivity index (χ1n) is 11.1. The third-order valence-corrected chi connectivity index (χ3v) is 6.52. The first kappa shape index (κ1) is 24.0. The molecular formula is C26H38O4. The minimum absolute atomic E-state index is 0.183. The van der Waals surface area contributed by atoms with Crippen molar-refractivity contribution in [1.29, 1.82) is 0 Å². The predicted octanol–water partition coefficient (Wildman–Crippen LogP) is 6.72. The number of fused-ring (bicyclic) bond motifs is 1. The van der Waals surface area contributed by atoms with E-state index in [1.807, 2.05) is 27.7 Å². The molecule has 1 atom stereocenters. The van der Waals surface area contributed by atoms with E-state index in [9.17, 15) is 9.90 Å². The van der Waals surface area contributed by atoms with E-state index in [-0.39, 0.29) is 12.0 Å². The highest BCUT2D eigenvalue weighted by atomic mass is 16.5. The summed E-state index contributed by atoms with van der Waals surface area (Å²) in [6.07, 6.45) is 11.1. The molecule has 0 amide bonds. The van der Waals surface area contributed by atoms with Gasteiger partial charge in [-0.25, -0.2) is 0 Å². The summed E-state index contributed by atoms with van der Waals surface area (Å²) < 4.78 is 6.51. The number of aliphatic carboxylic acids is 1. The second kappa shape index (κ2) is 10.2. The van der Waals surface area contributed by atoms with E-state index in [2.05, 4.69) is 26.0 Å². The van der Waals surface area contributed by atoms with Crippen LogP contribution in [-0.4, -0.2) is 21.8 Å². The van der Waals surface area contributed by atoms with Crippen molar-refractivity contribution in [2.45, 2.75) is 98.5 Å². The van der Waals surface area contributed by atoms with E-state index < -0.39 is 5.97 Å². The molecule has 30 heavy (non-hydrogen) atoms. The van der Waals surface area contributed by atoms with Gasteiger partial charge in [0, 0.05) is 12.0 Å². The van der Waals surface area contributed by atoms with Crippen LogP contribution in [0.3, 0.4) is 0 Å². The molecule has 2 rings (SSSR count). The van der Waals surface area contributed by atoms with Crippen molar-refractivity contribution < 1.29 is 19.7 Å². The van der Waals surface area contributed by atoms with Crippen LogP contribution >= 0.6 is 0 Å². The molecule has 0 saturated heterocycles. The number of ether oxygens (including phenoxy) is 1. The van der Waals surface area contributed by atoms with Gasteiger partial charge in [0.15, 0.2) is 0 Å². The van der Waals surface area contributed by atoms with Gasteiger partial charge in [0.2, 0.25) is 0 Å². The third kappa shape index (κ3) is 6.13. The number of benzene rings is 1. The van der Waals surface area contributed by atoms with Gasteiger partial charge in [-0.05, 0) is 103 Å². The van der Waals surface area contributed by atoms with Crippen molar-refractivity contribution in [1.82, 2.24) is 0 Å². The molecule has 0 spiro atoms. The number of carbonyl (C=O) groups is 1. The van der Waals surface area contributed by atoms with Gasteiger partial charge in [0.25, 0.3) is 0 Å². The number of carboxylic acids is 1. The van der Waals surface area contributed by atoms with Crippen molar-refractivity contribution in [3.8, 4) is 11.5 Å². The molecule has 0 fully saturated rings. The second-order valence-electron chi connectivity index (χ2n) is 9.16. The Balaban J connectivity index is 1.91. The molecule has 1 aliphatic heterocycles. The minimum atomic E-state index is -0.739. The highest BCUT2D eigenvalue weighted by Gasteiger charge is 2.33. The molecule has 1 heterocycles. The monoisotopic (exact) mass is 414 g/mol. The van der Waals surface area contributed by atoms with E-state index in [1.54, 1.807) is 0 Å². The van der Waals surface area contributed by atoms with Gasteiger partial charge in [-0.2, -0.15) is 0 Å². The van der Waals surface area contributed by atoms with Crippen LogP contribution in [-0.2, 0) is 11.2 Å². The molecular weight excluding hydrogens is 376 g/mol. The average molecular weight is 415 g/mol. The van der Waals surface area contributed by atoms with E-state index in [0.717, 1.165) is 72.1 Å². The largest absolute Gasteiger partial charge is 0.507 e. The highest BCUT2D eigenvalue weighted by Crippen LogP contribution is 2.44. The van der Waals surface area contributed by atoms with Crippen molar-refractivity contribution in [2.24, 2.45) is 0 Å². The molecule has 0 aliphatic carbocycles. The van der Waals surface area contributed by atoms with Crippen LogP contribution in [0.1, 0.15) is 88.0 Å². The zero-order valence-corrected chi connectivity index (χ0v) is 19.5. The molecule has 1 aliphatic rings. The van der Waals surface area contributed by atoms with Crippen LogP contribution < -0.4 is 4.74 Å². The number of carboxylic acid groups (broad SMARTS) is 1. The van der Waals surface area contributed by atoms with Gasteiger partial charge in [0.1, 0.15) is 17.1 Å². The topological polar surface area (TPSA) is 66.8 Å². The fourth-order valence-electron chi connectivity index (χ4n) is 4.15. The van der Waals surface area contributed by atoms with Gasteiger partial charge in [-0.3, -0.25) is 4.79 Å². The van der Waals surface area contributed by atoms with E-state index in [4.69, 9.17) is 9.84 Å². The van der Waals surface area contributed by atoms with Crippen molar-refractivity contribution >= 4 is 5.97 Å². The van der Waals surface area contributed by atoms with E-state index in [0.29, 0.717) is 12.2 Å². The summed E-state index contributed by atoms with van der Waals surface area (Å²) in [7, 11) is 0. The Morgan fingerprint density at radius 3 is 2.30 bits per heavy atom. The van der Waals surface area contributed by atoms with Gasteiger partial charge in [-0.1, -0.05) is 23.3 Å². The standard InChI is InChI=1S/C26H38O4/c1-17(9-7-10-18(2)12-13-23(27)28)11-8-15-26(6)16-14-22-21(5)24(29)19(3)20(4)25(22)30-26/h10-11,29H,7-9,12-16H2,1-6H3,(H,27,28)/b17-11+,18-10+/t26-/m1/s1. The Morgan fingerprint density at radius 2 is 1.63 bits per heavy atom. The lowest BCUT2D eigenvalue weighted by molar-refractivity contribution is -0.136. The predicted molar refractivity (Wildman–Crippen MR) is 123 cm³/mol. The lowest BCUT2D eigenvalue weighted by Crippen LogP contribution is -2.37. The van der Waals surface area contributed by atoms with Crippen molar-refractivity contribution in [3.63, 3.8) is 0 Å². The fraction of sp³-hybridized carbons (Fsp3) is 0.577. The molecule has 1 aromatic carbocycles. The summed E-state index contributed by atoms with van der Waals surface area (Å²) in [5.41, 5.74) is 6.41. The van der Waals surface area contributed by atoms with Gasteiger partial charge in [0.05, 0.1) is 0 Å². The third-order valence-electron chi connectivity index (χ3n) is 6.52. The summed E-state index contributed by atoms with van der Waals surface area (Å²) in [6, 6.07) is 0. The zero-order chi connectivity index (χ0) is 22.5. The Kier molecular flexibility index (Phi) is 8.17. The Labute approximate surface area is 181 Å². The molecule has 0 bridgehead atoms. The number of phenolic OH excluding ortho intramolecular Hbond substituents is 1. The summed E-state index contributed by atoms with van der Waals surface area (Å²) in [6.45, 7) is 12.3. The minimum Gasteiger partial charge on any atom is -0.507 e. The number of phenols is 1. The molecule has 0 radical (unpaired) electrons. The van der Waals surface area contributed by atoms with Crippen molar-refractivity contribution in [3.05, 3.63) is 45.6 Å². The first-order valence-corrected chi connectivity index (χ1v) is 11.1. The molecule has 2 N–H and O–H groups in total. The number of hydrogen-bond acceptors (Lipinski definition) is 3. The number of allylic oxidation sites excluding steroid dienone is 4. The maximum atomic E-state index is 10.6. The molecule has 0 aromatic heterocycles. The van der Waals surface area contributed by atoms with Crippen LogP contribution in [0, 0.1) is 20.8 Å². The quantitative estimate of drug-likeness (QED) is 0.440. The number of hydrogen-bond donors (Lipinski definition) is 2. The van der Waals surface area contributed by atoms with Crippen LogP contribution in [0.25, 0.3) is 0 Å². The van der Waals surface area contributed by atoms with E-state index in [1.165, 1.54) is 5.57 Å². The lowest BCUT2D eigenvalue weighted by atomic mass is 9.85. The molecule has 166 valence electrons. The summed E-state index contributed by atoms with van der Waals surface area (Å²) in [5, 5.41) is 19.1. The smallest absolute Gasteiger partial charge is 0.303 e. The Hall–Kier alpha value is -2.23. The maximum Gasteiger partial charge on any atom is 0.303 e. The number of aromatic hydroxyl groups is 1. The summed E-state index contributed by atoms with van der Waals surface area (Å²) in [5.74, 6) is 0.640. The van der Waals surface area contributed by atoms with E-state index >= 15 is 0 Å². The van der Waals surface area contributed by atoms with Crippen LogP contribution in [0.5, 0.6) is 11.5 Å². The fourth-order valence-corrected chi connectivity index (χ4v) is 4.15. The van der Waals surface area contributed by atoms with Crippen molar-refractivity contribution in [2.75, 3.05) is 0 Å². The molecule has 0 saturated carbocycles. The van der Waals surface area contributed by atoms with Crippen LogP contribution in [0.2, 0.25) is 0 Å². The average Bonchev–Trinajstić information content (AvgIpc) is 2.69. The SMILES string of the molecule is C/C(=C\CC[C@]1(C)CCc2c(C)c(O)c(C)c(C)c2O1)CC/C=C(\C)CCC(=O)O. The molecule has 4 heteroatoms. The highest BCUT2D eigenvalue weighted by molar-refractivity contribution is 5.67.